The monoisotopic (exact) mass is 1170 g/mol. The quantitative estimate of drug-likeness (QED) is 0.0618. The van der Waals surface area contributed by atoms with Crippen molar-refractivity contribution < 1.29 is 105 Å². The van der Waals surface area contributed by atoms with Crippen molar-refractivity contribution in [3.05, 3.63) is 80.0 Å². The first kappa shape index (κ1) is 63.7. The summed E-state index contributed by atoms with van der Waals surface area (Å²) in [4.78, 5) is 33.5. The number of aliphatic hydroxyl groups is 2. The number of hydrogen-bond donors (Lipinski definition) is 6. The molecule has 72 heavy (non-hydrogen) atoms. The van der Waals surface area contributed by atoms with Crippen LogP contribution in [-0.2, 0) is 50.9 Å². The minimum absolute atomic E-state index is 0. The van der Waals surface area contributed by atoms with Crippen molar-refractivity contribution in [1.29, 1.82) is 0 Å². The maximum Gasteiger partial charge on any atom is 0.300 e. The zero-order chi connectivity index (χ0) is 52.0. The van der Waals surface area contributed by atoms with E-state index in [0.717, 1.165) is 82.5 Å². The number of benzene rings is 1. The summed E-state index contributed by atoms with van der Waals surface area (Å²) >= 11 is 0. The number of carboxylic acids is 2. The summed E-state index contributed by atoms with van der Waals surface area (Å²) in [7, 11) is 3.28. The van der Waals surface area contributed by atoms with E-state index in [9.17, 15) is 10.2 Å². The summed E-state index contributed by atoms with van der Waals surface area (Å²) in [5.74, 6) is -0.644. The molecule has 0 amide bonds. The number of aromatic nitrogens is 1. The Morgan fingerprint density at radius 2 is 0.917 bits per heavy atom. The van der Waals surface area contributed by atoms with Gasteiger partial charge >= 0.3 is 0 Å². The SMILES string of the molecule is CC(=O)O.CC(=O)O.CCc1c(CC)c2[n-]c1=CC1=NC(=CNc3cc(OCCOCCOCCOC)c(OCCOCCOCCOC)cc3NC=C3N=C(C=2)C(CCCO)=C3C)C(C)=C1CCCO.[Lu]. The van der Waals surface area contributed by atoms with Gasteiger partial charge in [0.1, 0.15) is 13.2 Å². The molecule has 0 spiro atoms. The summed E-state index contributed by atoms with van der Waals surface area (Å²) in [6.45, 7) is 15.8. The number of rotatable bonds is 28. The van der Waals surface area contributed by atoms with Crippen LogP contribution < -0.4 is 35.8 Å². The third kappa shape index (κ3) is 22.0. The van der Waals surface area contributed by atoms with Crippen LogP contribution in [-0.4, -0.2) is 151 Å². The molecule has 0 aliphatic carbocycles. The van der Waals surface area contributed by atoms with Gasteiger partial charge in [0.15, 0.2) is 11.5 Å². The molecule has 20 heteroatoms. The van der Waals surface area contributed by atoms with E-state index < -0.39 is 11.9 Å². The second-order valence-electron chi connectivity index (χ2n) is 16.1. The van der Waals surface area contributed by atoms with Crippen LogP contribution in [0.4, 0.5) is 11.4 Å². The number of allylic oxidation sites excluding steroid dienone is 4. The van der Waals surface area contributed by atoms with E-state index in [2.05, 4.69) is 50.5 Å². The number of carbonyl (C=O) groups is 2. The van der Waals surface area contributed by atoms with Crippen LogP contribution >= 0.6 is 0 Å². The first-order valence-electron chi connectivity index (χ1n) is 24.1. The predicted octanol–water partition coefficient (Wildman–Crippen LogP) is 4.94. The van der Waals surface area contributed by atoms with Crippen LogP contribution in [0.15, 0.2) is 68.2 Å². The molecular weight excluding hydrogens is 1090 g/mol. The van der Waals surface area contributed by atoms with Crippen molar-refractivity contribution in [2.75, 3.05) is 117 Å². The molecule has 1 aromatic carbocycles. The summed E-state index contributed by atoms with van der Waals surface area (Å²) in [6.07, 6.45) is 12.2. The van der Waals surface area contributed by atoms with Gasteiger partial charge in [-0.2, -0.15) is 0 Å². The minimum Gasteiger partial charge on any atom is -0.657 e. The molecular formula is C52H76LuN5O14-. The molecule has 0 unspecified atom stereocenters. The number of nitrogens with one attached hydrogen (secondary N) is 2. The Bertz CT molecular complexity index is 2170. The van der Waals surface area contributed by atoms with Crippen LogP contribution in [0, 0.1) is 36.9 Å². The number of anilines is 2. The van der Waals surface area contributed by atoms with Crippen LogP contribution in [0.5, 0.6) is 11.5 Å². The zero-order valence-corrected chi connectivity index (χ0v) is 44.7. The number of fused-ring (bicyclic) bond motifs is 5. The topological polar surface area (TPSA) is 252 Å². The molecule has 4 heterocycles. The predicted molar refractivity (Wildman–Crippen MR) is 274 cm³/mol. The van der Waals surface area contributed by atoms with Gasteiger partial charge in [-0.25, -0.2) is 9.98 Å². The van der Waals surface area contributed by atoms with Crippen molar-refractivity contribution >= 4 is 46.9 Å². The van der Waals surface area contributed by atoms with Gasteiger partial charge in [-0.1, -0.05) is 37.1 Å². The summed E-state index contributed by atoms with van der Waals surface area (Å²) < 4.78 is 45.4. The van der Waals surface area contributed by atoms with Crippen LogP contribution in [0.25, 0.3) is 12.2 Å². The molecule has 6 bridgehead atoms. The second kappa shape index (κ2) is 36.5. The molecule has 409 valence electrons. The average Bonchev–Trinajstić information content (AvgIpc) is 3.94. The van der Waals surface area contributed by atoms with E-state index in [0.29, 0.717) is 115 Å². The summed E-state index contributed by atoms with van der Waals surface area (Å²) in [5, 5.41) is 43.4. The fraction of sp³-hybridized carbons (Fsp3) is 0.538. The Balaban J connectivity index is 0.00000183. The van der Waals surface area contributed by atoms with E-state index in [4.69, 9.17) is 72.7 Å². The Hall–Kier alpha value is -4.41. The number of aliphatic hydroxyl groups excluding tert-OH is 2. The van der Waals surface area contributed by atoms with Gasteiger partial charge in [0.25, 0.3) is 11.9 Å². The van der Waals surface area contributed by atoms with Crippen molar-refractivity contribution in [2.45, 2.75) is 80.1 Å². The molecule has 19 nitrogen and oxygen atoms in total. The number of methoxy groups -OCH3 is 2. The molecule has 0 saturated heterocycles. The van der Waals surface area contributed by atoms with Crippen molar-refractivity contribution in [2.24, 2.45) is 9.98 Å². The maximum absolute atomic E-state index is 9.86. The Morgan fingerprint density at radius 1 is 0.583 bits per heavy atom. The van der Waals surface area contributed by atoms with E-state index in [1.807, 2.05) is 24.5 Å². The Morgan fingerprint density at radius 3 is 1.24 bits per heavy atom. The number of carboxylic acid groups (broad SMARTS) is 2. The molecule has 1 aromatic heterocycles. The van der Waals surface area contributed by atoms with Crippen molar-refractivity contribution in [3.63, 3.8) is 0 Å². The molecule has 0 atom stereocenters. The maximum atomic E-state index is 9.86. The number of nitrogens with zero attached hydrogens (tertiary/aromatic N) is 3. The molecule has 5 rings (SSSR count). The fourth-order valence-electron chi connectivity index (χ4n) is 7.45. The van der Waals surface area contributed by atoms with Crippen LogP contribution in [0.1, 0.15) is 78.4 Å². The number of ether oxygens (including phenoxy) is 8. The standard InChI is InChI=1S/C48H68N5O10.2C2H4O2.Lu/c1-7-35-36(8-2)40-28-42-38(12-10-14-55)34(4)46(53-42)32-50-44-30-48(63-26-24-61-22-20-59-18-16-57-6)47(62-25-23-60-21-19-58-17-15-56-5)29-43(44)49-31-45-33(3)37(11-9-13-54)41(52-45)27-39(35)51-40;2*1-2(3)4;/h27-32,49-50,54-55H,7-26H2,1-6H3;2*1H3,(H,3,4);/q-1;;;. The van der Waals surface area contributed by atoms with Gasteiger partial charge < -0.3 is 73.9 Å². The number of aliphatic carboxylic acids is 2. The molecule has 6 N–H and O–H groups in total. The molecule has 2 aromatic rings. The van der Waals surface area contributed by atoms with Gasteiger partial charge in [0.05, 0.1) is 100 Å². The molecule has 0 saturated carbocycles. The van der Waals surface area contributed by atoms with Gasteiger partial charge in [-0.15, -0.1) is 10.7 Å². The largest absolute Gasteiger partial charge is 0.657 e. The van der Waals surface area contributed by atoms with E-state index in [-0.39, 0.29) is 63.3 Å². The first-order valence-corrected chi connectivity index (χ1v) is 24.1. The molecule has 1 radical (unpaired) electrons. The van der Waals surface area contributed by atoms with Gasteiger partial charge in [-0.3, -0.25) is 9.59 Å². The van der Waals surface area contributed by atoms with Crippen LogP contribution in [0.3, 0.4) is 0 Å². The normalized spacial score (nSPS) is 13.7. The third-order valence-corrected chi connectivity index (χ3v) is 10.8. The minimum atomic E-state index is -0.833. The van der Waals surface area contributed by atoms with Crippen molar-refractivity contribution in [3.8, 4) is 11.5 Å². The Labute approximate surface area is 452 Å². The first-order chi connectivity index (χ1) is 34.3. The molecule has 0 fully saturated rings. The van der Waals surface area contributed by atoms with Crippen LogP contribution in [0.2, 0.25) is 0 Å². The third-order valence-electron chi connectivity index (χ3n) is 10.8. The van der Waals surface area contributed by atoms with Gasteiger partial charge in [-0.05, 0) is 74.7 Å². The van der Waals surface area contributed by atoms with Gasteiger partial charge in [0.2, 0.25) is 0 Å². The number of aliphatic imine (C=N–C) groups is 2. The van der Waals surface area contributed by atoms with Crippen molar-refractivity contribution in [1.82, 2.24) is 4.98 Å². The summed E-state index contributed by atoms with van der Waals surface area (Å²) in [6, 6.07) is 3.80. The second-order valence-corrected chi connectivity index (χ2v) is 16.1. The molecule has 3 aliphatic rings. The molecule has 3 aliphatic heterocycles. The smallest absolute Gasteiger partial charge is 0.300 e. The Kier molecular flexibility index (Phi) is 32.3. The zero-order valence-electron chi connectivity index (χ0n) is 43.1. The van der Waals surface area contributed by atoms with E-state index in [1.165, 1.54) is 11.1 Å². The van der Waals surface area contributed by atoms with E-state index >= 15 is 0 Å². The average molecular weight is 1170 g/mol. The van der Waals surface area contributed by atoms with Gasteiger partial charge in [0, 0.05) is 103 Å². The van der Waals surface area contributed by atoms with E-state index in [1.54, 1.807) is 14.2 Å². The summed E-state index contributed by atoms with van der Waals surface area (Å²) in [5.41, 5.74) is 11.2. The number of hydrogen-bond acceptors (Lipinski definition) is 16. The fourth-order valence-corrected chi connectivity index (χ4v) is 7.45.